The number of hydrogen-bond donors (Lipinski definition) is 1. The third-order valence-corrected chi connectivity index (χ3v) is 4.70. The largest absolute Gasteiger partial charge is 0.481 e. The minimum atomic E-state index is 0.229. The van der Waals surface area contributed by atoms with Gasteiger partial charge in [-0.2, -0.15) is 0 Å². The van der Waals surface area contributed by atoms with Gasteiger partial charge in [0.05, 0.1) is 24.5 Å². The van der Waals surface area contributed by atoms with Gasteiger partial charge in [0.15, 0.2) is 5.17 Å². The number of rotatable bonds is 2. The fraction of sp³-hybridized carbons (Fsp3) is 0.538. The van der Waals surface area contributed by atoms with Gasteiger partial charge in [-0.05, 0) is 18.9 Å². The molecule has 2 heterocycles. The van der Waals surface area contributed by atoms with Crippen molar-refractivity contribution in [1.29, 1.82) is 0 Å². The minimum absolute atomic E-state index is 0.229. The molecular weight excluding hydrogens is 246 g/mol. The van der Waals surface area contributed by atoms with Gasteiger partial charge in [0.2, 0.25) is 5.88 Å². The number of aliphatic imine (C=N–C) groups is 1. The lowest BCUT2D eigenvalue weighted by atomic mass is 10.0. The van der Waals surface area contributed by atoms with E-state index in [1.54, 1.807) is 13.3 Å². The molecule has 96 valence electrons. The molecule has 0 bridgehead atoms. The second-order valence-electron chi connectivity index (χ2n) is 4.85. The molecule has 1 aromatic rings. The first-order chi connectivity index (χ1) is 8.80. The van der Waals surface area contributed by atoms with Crippen molar-refractivity contribution < 1.29 is 4.74 Å². The Labute approximate surface area is 111 Å². The standard InChI is InChI=1S/C13H17N3OS/c1-17-11-5-4-10(8-14-11)15-12-16-13(9-18-12)6-2-3-7-13/h4-5,8H,2-3,6-7,9H2,1H3,(H,15,16). The van der Waals surface area contributed by atoms with Gasteiger partial charge >= 0.3 is 0 Å². The fourth-order valence-electron chi connectivity index (χ4n) is 2.53. The lowest BCUT2D eigenvalue weighted by Crippen LogP contribution is -2.21. The topological polar surface area (TPSA) is 46.5 Å². The second kappa shape index (κ2) is 4.80. The average Bonchev–Trinajstić information content (AvgIpc) is 3.02. The zero-order valence-corrected chi connectivity index (χ0v) is 11.3. The highest BCUT2D eigenvalue weighted by atomic mass is 32.2. The molecule has 3 rings (SSSR count). The number of thioether (sulfide) groups is 1. The molecule has 2 aliphatic rings. The van der Waals surface area contributed by atoms with Crippen molar-refractivity contribution in [3.8, 4) is 5.88 Å². The number of methoxy groups -OCH3 is 1. The van der Waals surface area contributed by atoms with Gasteiger partial charge in [-0.25, -0.2) is 4.98 Å². The molecule has 18 heavy (non-hydrogen) atoms. The van der Waals surface area contributed by atoms with Crippen LogP contribution in [0.2, 0.25) is 0 Å². The Morgan fingerprint density at radius 1 is 1.33 bits per heavy atom. The summed E-state index contributed by atoms with van der Waals surface area (Å²) in [4.78, 5) is 9.05. The summed E-state index contributed by atoms with van der Waals surface area (Å²) in [7, 11) is 1.62. The van der Waals surface area contributed by atoms with Crippen LogP contribution in [-0.4, -0.2) is 28.6 Å². The first-order valence-electron chi connectivity index (χ1n) is 6.29. The Bertz CT molecular complexity index is 452. The summed E-state index contributed by atoms with van der Waals surface area (Å²) in [5.41, 5.74) is 1.20. The maximum atomic E-state index is 5.04. The molecule has 1 spiro atoms. The van der Waals surface area contributed by atoms with Crippen LogP contribution in [-0.2, 0) is 0 Å². The van der Waals surface area contributed by atoms with Crippen LogP contribution in [0.3, 0.4) is 0 Å². The second-order valence-corrected chi connectivity index (χ2v) is 5.82. The van der Waals surface area contributed by atoms with Gasteiger partial charge in [-0.1, -0.05) is 24.6 Å². The van der Waals surface area contributed by atoms with E-state index >= 15 is 0 Å². The summed E-state index contributed by atoms with van der Waals surface area (Å²) in [5.74, 6) is 1.76. The van der Waals surface area contributed by atoms with E-state index in [0.29, 0.717) is 5.88 Å². The number of nitrogens with one attached hydrogen (secondary N) is 1. The zero-order valence-electron chi connectivity index (χ0n) is 10.5. The molecule has 4 nitrogen and oxygen atoms in total. The molecular formula is C13H17N3OS. The molecule has 1 aromatic heterocycles. The number of nitrogens with zero attached hydrogens (tertiary/aromatic N) is 2. The molecule has 1 aliphatic heterocycles. The molecule has 0 aromatic carbocycles. The van der Waals surface area contributed by atoms with Crippen molar-refractivity contribution in [3.05, 3.63) is 18.3 Å². The minimum Gasteiger partial charge on any atom is -0.481 e. The van der Waals surface area contributed by atoms with E-state index in [0.717, 1.165) is 16.6 Å². The maximum Gasteiger partial charge on any atom is 0.213 e. The summed E-state index contributed by atoms with van der Waals surface area (Å²) in [6.45, 7) is 0. The normalized spacial score (nSPS) is 21.1. The maximum absolute atomic E-state index is 5.04. The van der Waals surface area contributed by atoms with E-state index in [2.05, 4.69) is 10.3 Å². The summed E-state index contributed by atoms with van der Waals surface area (Å²) >= 11 is 1.82. The highest BCUT2D eigenvalue weighted by molar-refractivity contribution is 8.14. The van der Waals surface area contributed by atoms with Crippen molar-refractivity contribution >= 4 is 22.6 Å². The van der Waals surface area contributed by atoms with Crippen molar-refractivity contribution in [2.75, 3.05) is 18.2 Å². The van der Waals surface area contributed by atoms with Crippen molar-refractivity contribution in [3.63, 3.8) is 0 Å². The number of ether oxygens (including phenoxy) is 1. The third kappa shape index (κ3) is 2.32. The first kappa shape index (κ1) is 11.8. The monoisotopic (exact) mass is 263 g/mol. The molecule has 1 aliphatic carbocycles. The first-order valence-corrected chi connectivity index (χ1v) is 7.28. The van der Waals surface area contributed by atoms with Gasteiger partial charge in [-0.3, -0.25) is 4.99 Å². The molecule has 5 heteroatoms. The van der Waals surface area contributed by atoms with Crippen molar-refractivity contribution in [1.82, 2.24) is 4.98 Å². The van der Waals surface area contributed by atoms with Crippen LogP contribution >= 0.6 is 11.8 Å². The van der Waals surface area contributed by atoms with Crippen LogP contribution in [0.5, 0.6) is 5.88 Å². The van der Waals surface area contributed by atoms with Crippen LogP contribution < -0.4 is 10.1 Å². The Morgan fingerprint density at radius 3 is 2.83 bits per heavy atom. The third-order valence-electron chi connectivity index (χ3n) is 3.55. The van der Waals surface area contributed by atoms with Crippen LogP contribution in [0.1, 0.15) is 25.7 Å². The van der Waals surface area contributed by atoms with E-state index in [4.69, 9.17) is 9.73 Å². The van der Waals surface area contributed by atoms with Gasteiger partial charge in [0, 0.05) is 11.8 Å². The highest BCUT2D eigenvalue weighted by Gasteiger charge is 2.38. The summed E-state index contributed by atoms with van der Waals surface area (Å²) in [6.07, 6.45) is 6.91. The van der Waals surface area contributed by atoms with Gasteiger partial charge in [0.25, 0.3) is 0 Å². The number of hydrogen-bond acceptors (Lipinski definition) is 5. The molecule has 1 saturated carbocycles. The fourth-order valence-corrected chi connectivity index (χ4v) is 3.74. The Morgan fingerprint density at radius 2 is 2.17 bits per heavy atom. The molecule has 1 fully saturated rings. The highest BCUT2D eigenvalue weighted by Crippen LogP contribution is 2.41. The Hall–Kier alpha value is -1.23. The zero-order chi connectivity index (χ0) is 12.4. The molecule has 0 atom stereocenters. The smallest absolute Gasteiger partial charge is 0.213 e. The summed E-state index contributed by atoms with van der Waals surface area (Å²) in [6, 6.07) is 3.82. The molecule has 0 amide bonds. The van der Waals surface area contributed by atoms with Crippen LogP contribution in [0.15, 0.2) is 23.3 Å². The summed E-state index contributed by atoms with van der Waals surface area (Å²) < 4.78 is 5.04. The Kier molecular flexibility index (Phi) is 3.16. The SMILES string of the molecule is COc1ccc(NC2=NC3(CCCC3)CS2)cn1. The van der Waals surface area contributed by atoms with E-state index in [1.165, 1.54) is 25.7 Å². The van der Waals surface area contributed by atoms with Crippen molar-refractivity contribution in [2.24, 2.45) is 4.99 Å². The predicted octanol–water partition coefficient (Wildman–Crippen LogP) is 2.92. The molecule has 0 unspecified atom stereocenters. The van der Waals surface area contributed by atoms with E-state index in [1.807, 2.05) is 23.9 Å². The molecule has 0 saturated heterocycles. The number of anilines is 1. The van der Waals surface area contributed by atoms with Crippen LogP contribution in [0.25, 0.3) is 0 Å². The van der Waals surface area contributed by atoms with Gasteiger partial charge < -0.3 is 10.1 Å². The van der Waals surface area contributed by atoms with Crippen LogP contribution in [0, 0.1) is 0 Å². The lowest BCUT2D eigenvalue weighted by molar-refractivity contribution is 0.398. The van der Waals surface area contributed by atoms with Gasteiger partial charge in [-0.15, -0.1) is 0 Å². The van der Waals surface area contributed by atoms with E-state index < -0.39 is 0 Å². The number of aromatic nitrogens is 1. The lowest BCUT2D eigenvalue weighted by Gasteiger charge is -2.16. The predicted molar refractivity (Wildman–Crippen MR) is 75.5 cm³/mol. The van der Waals surface area contributed by atoms with Gasteiger partial charge in [0.1, 0.15) is 0 Å². The molecule has 1 N–H and O–H groups in total. The Balaban J connectivity index is 1.69. The van der Waals surface area contributed by atoms with E-state index in [-0.39, 0.29) is 5.54 Å². The number of pyridine rings is 1. The molecule has 0 radical (unpaired) electrons. The average molecular weight is 263 g/mol. The quantitative estimate of drug-likeness (QED) is 0.891. The number of amidine groups is 1. The summed E-state index contributed by atoms with van der Waals surface area (Å²) in [5, 5.41) is 4.37. The van der Waals surface area contributed by atoms with E-state index in [9.17, 15) is 0 Å². The van der Waals surface area contributed by atoms with Crippen molar-refractivity contribution in [2.45, 2.75) is 31.2 Å². The van der Waals surface area contributed by atoms with Crippen LogP contribution in [0.4, 0.5) is 5.69 Å².